The molecule has 37 heavy (non-hydrogen) atoms. The van der Waals surface area contributed by atoms with E-state index < -0.39 is 23.7 Å². The molecule has 1 aliphatic heterocycles. The number of hydrogen-bond acceptors (Lipinski definition) is 4. The van der Waals surface area contributed by atoms with E-state index in [2.05, 4.69) is 9.84 Å². The van der Waals surface area contributed by atoms with Gasteiger partial charge in [-0.3, -0.25) is 4.79 Å². The normalized spacial score (nSPS) is 20.0. The van der Waals surface area contributed by atoms with Crippen LogP contribution >= 0.6 is 0 Å². The summed E-state index contributed by atoms with van der Waals surface area (Å²) in [4.78, 5) is 26.7. The number of halogens is 3. The van der Waals surface area contributed by atoms with Gasteiger partial charge in [-0.2, -0.15) is 5.10 Å². The average Bonchev–Trinajstić information content (AvgIpc) is 3.33. The van der Waals surface area contributed by atoms with Crippen LogP contribution in [0.4, 0.5) is 18.0 Å². The van der Waals surface area contributed by atoms with Crippen molar-refractivity contribution in [3.05, 3.63) is 83.2 Å². The number of benzene rings is 1. The molecule has 3 heterocycles. The number of rotatable bonds is 5. The first-order chi connectivity index (χ1) is 17.6. The highest BCUT2D eigenvalue weighted by molar-refractivity contribution is 5.92. The van der Waals surface area contributed by atoms with Gasteiger partial charge in [-0.05, 0) is 65.5 Å². The van der Waals surface area contributed by atoms with Gasteiger partial charge in [0.1, 0.15) is 5.75 Å². The number of allylic oxidation sites excluding steroid dienone is 2. The molecule has 1 atom stereocenters. The minimum absolute atomic E-state index is 0.0821. The molecular formula is C26H24F3N5O3. The van der Waals surface area contributed by atoms with Crippen LogP contribution in [-0.2, 0) is 11.2 Å². The molecule has 3 amide bonds. The van der Waals surface area contributed by atoms with E-state index in [1.807, 2.05) is 30.3 Å². The molecule has 1 aliphatic carbocycles. The SMILES string of the molecule is NC(=O)N1CCC2=C(C1)C(Cc1cccc3ccnn13)(C(N)=O)CC=C2c1cccc(OC(F)(F)F)c1. The Hall–Kier alpha value is -4.28. The number of nitrogens with zero attached hydrogens (tertiary/aromatic N) is 3. The molecule has 2 aliphatic rings. The smallest absolute Gasteiger partial charge is 0.406 e. The quantitative estimate of drug-likeness (QED) is 0.542. The fourth-order valence-corrected chi connectivity index (χ4v) is 5.33. The van der Waals surface area contributed by atoms with E-state index in [0.29, 0.717) is 29.7 Å². The van der Waals surface area contributed by atoms with Crippen molar-refractivity contribution in [1.29, 1.82) is 0 Å². The first-order valence-electron chi connectivity index (χ1n) is 11.6. The second kappa shape index (κ2) is 8.99. The monoisotopic (exact) mass is 511 g/mol. The third-order valence-electron chi connectivity index (χ3n) is 7.05. The Labute approximate surface area is 210 Å². The number of carbonyl (C=O) groups excluding carboxylic acids is 2. The summed E-state index contributed by atoms with van der Waals surface area (Å²) >= 11 is 0. The Morgan fingerprint density at radius 1 is 1.11 bits per heavy atom. The van der Waals surface area contributed by atoms with E-state index in [1.165, 1.54) is 23.1 Å². The maximum absolute atomic E-state index is 13.2. The molecule has 0 radical (unpaired) electrons. The number of carbonyl (C=O) groups is 2. The molecule has 0 saturated heterocycles. The molecule has 11 heteroatoms. The lowest BCUT2D eigenvalue weighted by Crippen LogP contribution is -2.50. The van der Waals surface area contributed by atoms with E-state index in [9.17, 15) is 22.8 Å². The van der Waals surface area contributed by atoms with Gasteiger partial charge in [-0.1, -0.05) is 24.3 Å². The maximum Gasteiger partial charge on any atom is 0.573 e. The minimum atomic E-state index is -4.83. The number of fused-ring (bicyclic) bond motifs is 1. The van der Waals surface area contributed by atoms with Gasteiger partial charge in [0, 0.05) is 31.4 Å². The fraction of sp³-hybridized carbons (Fsp3) is 0.269. The number of nitrogens with two attached hydrogens (primary N) is 2. The van der Waals surface area contributed by atoms with Crippen molar-refractivity contribution in [3.8, 4) is 5.75 Å². The summed E-state index contributed by atoms with van der Waals surface area (Å²) in [6, 6.07) is 12.5. The molecule has 192 valence electrons. The van der Waals surface area contributed by atoms with E-state index in [4.69, 9.17) is 11.5 Å². The summed E-state index contributed by atoms with van der Waals surface area (Å²) in [7, 11) is 0. The third-order valence-corrected chi connectivity index (χ3v) is 7.05. The zero-order valence-corrected chi connectivity index (χ0v) is 19.7. The first-order valence-corrected chi connectivity index (χ1v) is 11.6. The first kappa shape index (κ1) is 24.4. The summed E-state index contributed by atoms with van der Waals surface area (Å²) in [5.41, 5.74) is 14.7. The van der Waals surface area contributed by atoms with Gasteiger partial charge in [-0.25, -0.2) is 9.31 Å². The number of primary amides is 2. The fourth-order valence-electron chi connectivity index (χ4n) is 5.33. The van der Waals surface area contributed by atoms with Crippen LogP contribution in [0, 0.1) is 5.41 Å². The van der Waals surface area contributed by atoms with E-state index >= 15 is 0 Å². The van der Waals surface area contributed by atoms with Gasteiger partial charge in [0.05, 0.1) is 10.9 Å². The molecule has 4 N–H and O–H groups in total. The van der Waals surface area contributed by atoms with Crippen molar-refractivity contribution < 1.29 is 27.5 Å². The van der Waals surface area contributed by atoms with Gasteiger partial charge >= 0.3 is 12.4 Å². The van der Waals surface area contributed by atoms with Crippen molar-refractivity contribution in [2.24, 2.45) is 16.9 Å². The zero-order valence-electron chi connectivity index (χ0n) is 19.7. The summed E-state index contributed by atoms with van der Waals surface area (Å²) in [6.07, 6.45) is -0.579. The number of hydrogen-bond donors (Lipinski definition) is 2. The van der Waals surface area contributed by atoms with Crippen molar-refractivity contribution in [3.63, 3.8) is 0 Å². The second-order valence-corrected chi connectivity index (χ2v) is 9.17. The van der Waals surface area contributed by atoms with E-state index in [0.717, 1.165) is 16.8 Å². The number of pyridine rings is 1. The van der Waals surface area contributed by atoms with Crippen molar-refractivity contribution in [2.75, 3.05) is 13.1 Å². The topological polar surface area (TPSA) is 116 Å². The predicted octanol–water partition coefficient (Wildman–Crippen LogP) is 3.82. The third kappa shape index (κ3) is 4.52. The average molecular weight is 512 g/mol. The lowest BCUT2D eigenvalue weighted by atomic mass is 9.65. The van der Waals surface area contributed by atoms with Crippen LogP contribution in [0.1, 0.15) is 24.1 Å². The van der Waals surface area contributed by atoms with Crippen molar-refractivity contribution in [1.82, 2.24) is 14.5 Å². The highest BCUT2D eigenvalue weighted by Crippen LogP contribution is 2.48. The van der Waals surface area contributed by atoms with Crippen LogP contribution in [0.3, 0.4) is 0 Å². The molecule has 0 spiro atoms. The summed E-state index contributed by atoms with van der Waals surface area (Å²) in [5, 5.41) is 4.37. The largest absolute Gasteiger partial charge is 0.573 e. The Bertz CT molecular complexity index is 1460. The molecular weight excluding hydrogens is 487 g/mol. The number of amides is 3. The molecule has 0 fully saturated rings. The summed E-state index contributed by atoms with van der Waals surface area (Å²) in [6.45, 7) is 0.382. The Kier molecular flexibility index (Phi) is 5.93. The Morgan fingerprint density at radius 2 is 1.89 bits per heavy atom. The lowest BCUT2D eigenvalue weighted by molar-refractivity contribution is -0.274. The van der Waals surface area contributed by atoms with Crippen molar-refractivity contribution >= 4 is 23.0 Å². The summed E-state index contributed by atoms with van der Waals surface area (Å²) < 4.78 is 44.3. The van der Waals surface area contributed by atoms with Gasteiger partial charge in [0.15, 0.2) is 0 Å². The van der Waals surface area contributed by atoms with Crippen LogP contribution < -0.4 is 16.2 Å². The maximum atomic E-state index is 13.2. The van der Waals surface area contributed by atoms with Crippen LogP contribution in [0.5, 0.6) is 5.75 Å². The van der Waals surface area contributed by atoms with Crippen LogP contribution in [0.25, 0.3) is 11.1 Å². The molecule has 1 unspecified atom stereocenters. The summed E-state index contributed by atoms with van der Waals surface area (Å²) in [5.74, 6) is -0.917. The van der Waals surface area contributed by atoms with Crippen LogP contribution in [0.15, 0.2) is 72.0 Å². The Morgan fingerprint density at radius 3 is 2.62 bits per heavy atom. The molecule has 2 aromatic heterocycles. The predicted molar refractivity (Wildman–Crippen MR) is 129 cm³/mol. The van der Waals surface area contributed by atoms with Gasteiger partial charge in [0.2, 0.25) is 5.91 Å². The molecule has 3 aromatic rings. The Balaban J connectivity index is 1.62. The zero-order chi connectivity index (χ0) is 26.4. The van der Waals surface area contributed by atoms with Gasteiger partial charge in [-0.15, -0.1) is 13.2 Å². The minimum Gasteiger partial charge on any atom is -0.406 e. The molecule has 0 saturated carbocycles. The van der Waals surface area contributed by atoms with Crippen molar-refractivity contribution in [2.45, 2.75) is 25.6 Å². The van der Waals surface area contributed by atoms with E-state index in [1.54, 1.807) is 16.8 Å². The molecule has 1 aromatic carbocycles. The second-order valence-electron chi connectivity index (χ2n) is 9.17. The number of alkyl halides is 3. The van der Waals surface area contributed by atoms with Gasteiger partial charge < -0.3 is 21.1 Å². The number of ether oxygens (including phenoxy) is 1. The molecule has 0 bridgehead atoms. The van der Waals surface area contributed by atoms with Crippen LogP contribution in [-0.4, -0.2) is 45.9 Å². The standard InChI is InChI=1S/C26H24F3N5O3/c27-26(28,29)37-19-6-1-3-16(13-19)20-7-10-25(23(30)35,22-15-33(24(31)36)12-9-21(20)22)14-18-5-2-4-17-8-11-32-34(17)18/h1-8,11,13H,9-10,12,14-15H2,(H2,30,35)(H2,31,36). The highest BCUT2D eigenvalue weighted by Gasteiger charge is 2.46. The van der Waals surface area contributed by atoms with Gasteiger partial charge in [0.25, 0.3) is 0 Å². The lowest BCUT2D eigenvalue weighted by Gasteiger charge is -2.43. The van der Waals surface area contributed by atoms with Crippen LogP contribution in [0.2, 0.25) is 0 Å². The molecule has 8 nitrogen and oxygen atoms in total. The highest BCUT2D eigenvalue weighted by atomic mass is 19.4. The number of aromatic nitrogens is 2. The number of urea groups is 1. The molecule has 5 rings (SSSR count). The van der Waals surface area contributed by atoms with E-state index in [-0.39, 0.29) is 25.1 Å².